The lowest BCUT2D eigenvalue weighted by atomic mass is 9.68. The van der Waals surface area contributed by atoms with Gasteiger partial charge in [-0.05, 0) is 67.6 Å². The fourth-order valence-corrected chi connectivity index (χ4v) is 5.72. The Kier molecular flexibility index (Phi) is 7.60. The minimum absolute atomic E-state index is 0.0739. The van der Waals surface area contributed by atoms with E-state index in [1.807, 2.05) is 19.2 Å². The predicted molar refractivity (Wildman–Crippen MR) is 128 cm³/mol. The average molecular weight is 524 g/mol. The van der Waals surface area contributed by atoms with E-state index in [2.05, 4.69) is 10.2 Å². The van der Waals surface area contributed by atoms with Crippen LogP contribution < -0.4 is 5.32 Å². The molecule has 2 amide bonds. The molecule has 2 aromatic rings. The lowest BCUT2D eigenvalue weighted by molar-refractivity contribution is -0.138. The number of likely N-dealkylation sites (tertiary alicyclic amines) is 2. The van der Waals surface area contributed by atoms with Gasteiger partial charge in [-0.3, -0.25) is 9.59 Å². The summed E-state index contributed by atoms with van der Waals surface area (Å²) in [6.07, 6.45) is -3.09. The van der Waals surface area contributed by atoms with Crippen molar-refractivity contribution < 1.29 is 31.5 Å². The predicted octanol–water partition coefficient (Wildman–Crippen LogP) is 4.83. The van der Waals surface area contributed by atoms with E-state index in [-0.39, 0.29) is 29.5 Å². The van der Waals surface area contributed by atoms with Crippen molar-refractivity contribution in [3.8, 4) is 0 Å². The minimum atomic E-state index is -4.73. The van der Waals surface area contributed by atoms with Crippen molar-refractivity contribution in [2.24, 2.45) is 5.41 Å². The molecule has 0 aromatic heterocycles. The summed E-state index contributed by atoms with van der Waals surface area (Å²) in [7, 11) is 2.04. The van der Waals surface area contributed by atoms with Crippen LogP contribution in [0.4, 0.5) is 22.0 Å². The first-order valence-corrected chi connectivity index (χ1v) is 12.3. The number of halogens is 5. The molecule has 200 valence electrons. The fourth-order valence-electron chi connectivity index (χ4n) is 5.72. The molecule has 2 heterocycles. The summed E-state index contributed by atoms with van der Waals surface area (Å²) in [5.41, 5.74) is -0.908. The Morgan fingerprint density at radius 2 is 1.73 bits per heavy atom. The molecule has 1 unspecified atom stereocenters. The molecule has 0 aliphatic carbocycles. The molecule has 0 radical (unpaired) electrons. The Labute approximate surface area is 212 Å². The van der Waals surface area contributed by atoms with Gasteiger partial charge in [-0.1, -0.05) is 19.1 Å². The monoisotopic (exact) mass is 523 g/mol. The van der Waals surface area contributed by atoms with Crippen molar-refractivity contribution in [3.63, 3.8) is 0 Å². The molecular formula is C27H30F5N3O2. The third-order valence-corrected chi connectivity index (χ3v) is 7.71. The number of benzene rings is 2. The third kappa shape index (κ3) is 5.63. The molecule has 37 heavy (non-hydrogen) atoms. The van der Waals surface area contributed by atoms with Gasteiger partial charge in [-0.2, -0.15) is 13.2 Å². The molecule has 1 N–H and O–H groups in total. The number of hydrogen-bond acceptors (Lipinski definition) is 3. The summed E-state index contributed by atoms with van der Waals surface area (Å²) in [6, 6.07) is 7.18. The summed E-state index contributed by atoms with van der Waals surface area (Å²) >= 11 is 0. The number of likely N-dealkylation sites (N-methyl/N-ethyl adjacent to an activating group) is 1. The molecule has 2 aliphatic heterocycles. The molecule has 10 heteroatoms. The molecule has 2 aromatic carbocycles. The number of amides is 2. The Hall–Kier alpha value is -3.01. The van der Waals surface area contributed by atoms with Crippen LogP contribution in [0, 0.1) is 17.0 Å². The van der Waals surface area contributed by atoms with Crippen molar-refractivity contribution in [1.29, 1.82) is 0 Å². The maximum absolute atomic E-state index is 14.2. The summed E-state index contributed by atoms with van der Waals surface area (Å²) in [6.45, 7) is 4.26. The SMILES string of the molecule is CC[C@@H](NC(=O)c1cc(C(F)(F)F)ccc1F)C(=O)N1CCC2(CC1)CN(C)CC2c1ccc(F)cc1. The Morgan fingerprint density at radius 1 is 1.08 bits per heavy atom. The molecule has 2 fully saturated rings. The van der Waals surface area contributed by atoms with Gasteiger partial charge in [0.1, 0.15) is 17.7 Å². The number of nitrogens with one attached hydrogen (secondary N) is 1. The van der Waals surface area contributed by atoms with Crippen LogP contribution in [0.15, 0.2) is 42.5 Å². The number of carbonyl (C=O) groups excluding carboxylic acids is 2. The topological polar surface area (TPSA) is 52.7 Å². The van der Waals surface area contributed by atoms with Crippen LogP contribution in [-0.2, 0) is 11.0 Å². The van der Waals surface area contributed by atoms with E-state index >= 15 is 0 Å². The van der Waals surface area contributed by atoms with E-state index in [1.54, 1.807) is 11.8 Å². The molecule has 0 bridgehead atoms. The quantitative estimate of drug-likeness (QED) is 0.572. The van der Waals surface area contributed by atoms with Crippen LogP contribution in [0.1, 0.15) is 53.6 Å². The smallest absolute Gasteiger partial charge is 0.341 e. The lowest BCUT2D eigenvalue weighted by Gasteiger charge is -2.43. The van der Waals surface area contributed by atoms with Crippen molar-refractivity contribution >= 4 is 11.8 Å². The van der Waals surface area contributed by atoms with Gasteiger partial charge in [0.15, 0.2) is 0 Å². The number of alkyl halides is 3. The second-order valence-electron chi connectivity index (χ2n) is 10.1. The van der Waals surface area contributed by atoms with Crippen molar-refractivity contribution in [1.82, 2.24) is 15.1 Å². The van der Waals surface area contributed by atoms with Crippen LogP contribution in [0.5, 0.6) is 0 Å². The number of nitrogens with zero attached hydrogens (tertiary/aromatic N) is 2. The molecule has 2 saturated heterocycles. The van der Waals surface area contributed by atoms with E-state index in [0.717, 1.165) is 31.5 Å². The van der Waals surface area contributed by atoms with Gasteiger partial charge in [0.25, 0.3) is 5.91 Å². The van der Waals surface area contributed by atoms with Gasteiger partial charge in [0.2, 0.25) is 5.91 Å². The van der Waals surface area contributed by atoms with Gasteiger partial charge in [-0.25, -0.2) is 8.78 Å². The maximum atomic E-state index is 14.2. The van der Waals surface area contributed by atoms with Gasteiger partial charge in [-0.15, -0.1) is 0 Å². The standard InChI is InChI=1S/C27H30F5N3O2/c1-3-23(33-24(36)20-14-18(27(30,31)32)6-9-22(20)29)25(37)35-12-10-26(11-13-35)16-34(2)15-21(26)17-4-7-19(28)8-5-17/h4-9,14,21,23H,3,10-13,15-16H2,1-2H3,(H,33,36)/t21?,23-/m1/s1. The molecule has 0 saturated carbocycles. The van der Waals surface area contributed by atoms with Crippen LogP contribution >= 0.6 is 0 Å². The highest BCUT2D eigenvalue weighted by atomic mass is 19.4. The van der Waals surface area contributed by atoms with E-state index in [9.17, 15) is 31.5 Å². The zero-order valence-electron chi connectivity index (χ0n) is 20.7. The molecule has 1 spiro atoms. The first-order valence-electron chi connectivity index (χ1n) is 12.3. The first kappa shape index (κ1) is 27.0. The van der Waals surface area contributed by atoms with Crippen LogP contribution in [0.2, 0.25) is 0 Å². The maximum Gasteiger partial charge on any atom is 0.416 e. The van der Waals surface area contributed by atoms with E-state index in [4.69, 9.17) is 0 Å². The van der Waals surface area contributed by atoms with Crippen LogP contribution in [0.25, 0.3) is 0 Å². The van der Waals surface area contributed by atoms with Gasteiger partial charge in [0, 0.05) is 32.1 Å². The van der Waals surface area contributed by atoms with E-state index in [0.29, 0.717) is 31.3 Å². The Morgan fingerprint density at radius 3 is 2.32 bits per heavy atom. The van der Waals surface area contributed by atoms with Gasteiger partial charge >= 0.3 is 6.18 Å². The fraction of sp³-hybridized carbons (Fsp3) is 0.481. The van der Waals surface area contributed by atoms with Gasteiger partial charge in [0.05, 0.1) is 11.1 Å². The molecular weight excluding hydrogens is 493 g/mol. The molecule has 2 atom stereocenters. The highest BCUT2D eigenvalue weighted by Crippen LogP contribution is 2.49. The number of hydrogen-bond donors (Lipinski definition) is 1. The summed E-state index contributed by atoms with van der Waals surface area (Å²) < 4.78 is 66.7. The zero-order valence-corrected chi connectivity index (χ0v) is 20.7. The Bertz CT molecular complexity index is 1140. The second-order valence-corrected chi connectivity index (χ2v) is 10.1. The largest absolute Gasteiger partial charge is 0.416 e. The highest BCUT2D eigenvalue weighted by molar-refractivity contribution is 5.98. The number of piperidine rings is 1. The summed E-state index contributed by atoms with van der Waals surface area (Å²) in [5.74, 6) is -2.60. The second kappa shape index (κ2) is 10.4. The van der Waals surface area contributed by atoms with Gasteiger partial charge < -0.3 is 15.1 Å². The van der Waals surface area contributed by atoms with Crippen LogP contribution in [0.3, 0.4) is 0 Å². The first-order chi connectivity index (χ1) is 17.4. The third-order valence-electron chi connectivity index (χ3n) is 7.71. The summed E-state index contributed by atoms with van der Waals surface area (Å²) in [4.78, 5) is 29.8. The van der Waals surface area contributed by atoms with E-state index in [1.165, 1.54) is 12.1 Å². The minimum Gasteiger partial charge on any atom is -0.341 e. The zero-order chi connectivity index (χ0) is 27.0. The van der Waals surface area contributed by atoms with E-state index < -0.39 is 35.1 Å². The summed E-state index contributed by atoms with van der Waals surface area (Å²) in [5, 5.41) is 2.43. The van der Waals surface area contributed by atoms with Crippen LogP contribution in [-0.4, -0.2) is 60.9 Å². The average Bonchev–Trinajstić information content (AvgIpc) is 3.17. The number of rotatable bonds is 5. The molecule has 2 aliphatic rings. The number of carbonyl (C=O) groups is 2. The normalized spacial score (nSPS) is 20.7. The van der Waals surface area contributed by atoms with Crippen molar-refractivity contribution in [2.75, 3.05) is 33.2 Å². The molecule has 5 nitrogen and oxygen atoms in total. The van der Waals surface area contributed by atoms with Crippen molar-refractivity contribution in [3.05, 3.63) is 70.8 Å². The lowest BCUT2D eigenvalue weighted by Crippen LogP contribution is -2.53. The molecule has 4 rings (SSSR count). The van der Waals surface area contributed by atoms with Crippen molar-refractivity contribution in [2.45, 2.75) is 44.3 Å². The Balaban J connectivity index is 1.44. The highest BCUT2D eigenvalue weighted by Gasteiger charge is 2.48.